The van der Waals surface area contributed by atoms with Crippen LogP contribution >= 0.6 is 0 Å². The third kappa shape index (κ3) is 4.57. The molecule has 0 atom stereocenters. The Balaban J connectivity index is 1.17. The number of aromatic nitrogens is 2. The first-order chi connectivity index (χ1) is 16.5. The van der Waals surface area contributed by atoms with E-state index in [1.54, 1.807) is 17.0 Å². The van der Waals surface area contributed by atoms with Gasteiger partial charge in [-0.05, 0) is 22.9 Å². The minimum absolute atomic E-state index is 0.0535. The van der Waals surface area contributed by atoms with Crippen LogP contribution in [0.25, 0.3) is 22.2 Å². The molecule has 1 aliphatic heterocycles. The number of carbonyl (C=O) groups excluding carboxylic acids is 1. The molecule has 2 heterocycles. The van der Waals surface area contributed by atoms with Gasteiger partial charge in [0.05, 0.1) is 4.90 Å². The number of piperazine rings is 1. The summed E-state index contributed by atoms with van der Waals surface area (Å²) in [4.78, 5) is 19.0. The molecule has 1 aliphatic rings. The maximum Gasteiger partial charge on any atom is 0.243 e. The van der Waals surface area contributed by atoms with Gasteiger partial charge in [-0.1, -0.05) is 65.8 Å². The van der Waals surface area contributed by atoms with Crippen LogP contribution in [-0.2, 0) is 21.2 Å². The van der Waals surface area contributed by atoms with Gasteiger partial charge >= 0.3 is 0 Å². The molecule has 174 valence electrons. The molecule has 9 heteroatoms. The number of hydrogen-bond donors (Lipinski definition) is 0. The van der Waals surface area contributed by atoms with Crippen molar-refractivity contribution in [1.29, 1.82) is 0 Å². The summed E-state index contributed by atoms with van der Waals surface area (Å²) in [6, 6.07) is 22.3. The van der Waals surface area contributed by atoms with Crippen LogP contribution in [0, 0.1) is 0 Å². The van der Waals surface area contributed by atoms with Gasteiger partial charge in [-0.3, -0.25) is 4.79 Å². The standard InChI is InChI=1S/C25H24N4O4S/c30-24(13-12-23-26-25(27-33-23)20-7-2-1-3-8-20)28-14-16-29(17-15-28)34(31,32)22-11-10-19-6-4-5-9-21(19)18-22/h1-11,18H,12-17H2. The van der Waals surface area contributed by atoms with Crippen molar-refractivity contribution in [3.05, 3.63) is 78.7 Å². The second kappa shape index (κ2) is 9.36. The molecule has 8 nitrogen and oxygen atoms in total. The van der Waals surface area contributed by atoms with Crippen LogP contribution in [0.4, 0.5) is 0 Å². The summed E-state index contributed by atoms with van der Waals surface area (Å²) in [7, 11) is -3.62. The molecular weight excluding hydrogens is 452 g/mol. The van der Waals surface area contributed by atoms with Gasteiger partial charge in [0.15, 0.2) is 0 Å². The molecule has 4 aromatic rings. The fraction of sp³-hybridized carbons (Fsp3) is 0.240. The molecule has 34 heavy (non-hydrogen) atoms. The van der Waals surface area contributed by atoms with Crippen LogP contribution in [-0.4, -0.2) is 59.8 Å². The highest BCUT2D eigenvalue weighted by Crippen LogP contribution is 2.23. The SMILES string of the molecule is O=C(CCc1nc(-c2ccccc2)no1)N1CCN(S(=O)(=O)c2ccc3ccccc3c2)CC1. The van der Waals surface area contributed by atoms with Crippen molar-refractivity contribution < 1.29 is 17.7 Å². The van der Waals surface area contributed by atoms with Crippen molar-refractivity contribution in [1.82, 2.24) is 19.3 Å². The third-order valence-electron chi connectivity index (χ3n) is 6.00. The molecule has 0 aliphatic carbocycles. The Morgan fingerprint density at radius 3 is 2.35 bits per heavy atom. The second-order valence-electron chi connectivity index (χ2n) is 8.17. The summed E-state index contributed by atoms with van der Waals surface area (Å²) in [5.74, 6) is 0.850. The van der Waals surface area contributed by atoms with Gasteiger partial charge in [-0.25, -0.2) is 8.42 Å². The van der Waals surface area contributed by atoms with E-state index in [0.29, 0.717) is 31.2 Å². The summed E-state index contributed by atoms with van der Waals surface area (Å²) < 4.78 is 33.0. The lowest BCUT2D eigenvalue weighted by Gasteiger charge is -2.34. The van der Waals surface area contributed by atoms with Crippen LogP contribution in [0.5, 0.6) is 0 Å². The van der Waals surface area contributed by atoms with Gasteiger partial charge in [-0.2, -0.15) is 9.29 Å². The highest BCUT2D eigenvalue weighted by Gasteiger charge is 2.30. The van der Waals surface area contributed by atoms with Crippen molar-refractivity contribution in [2.24, 2.45) is 0 Å². The number of aryl methyl sites for hydroxylation is 1. The number of fused-ring (bicyclic) bond motifs is 1. The average molecular weight is 477 g/mol. The number of benzene rings is 3. The number of nitrogens with zero attached hydrogens (tertiary/aromatic N) is 4. The van der Waals surface area contributed by atoms with Crippen LogP contribution in [0.1, 0.15) is 12.3 Å². The number of carbonyl (C=O) groups is 1. The van der Waals surface area contributed by atoms with E-state index in [0.717, 1.165) is 16.3 Å². The van der Waals surface area contributed by atoms with Gasteiger partial charge in [0.2, 0.25) is 27.6 Å². The van der Waals surface area contributed by atoms with Crippen molar-refractivity contribution in [3.8, 4) is 11.4 Å². The lowest BCUT2D eigenvalue weighted by Crippen LogP contribution is -2.50. The first-order valence-electron chi connectivity index (χ1n) is 11.2. The van der Waals surface area contributed by atoms with Gasteiger partial charge < -0.3 is 9.42 Å². The molecule has 5 rings (SSSR count). The molecule has 1 saturated heterocycles. The molecule has 0 unspecified atom stereocenters. The smallest absolute Gasteiger partial charge is 0.243 e. The van der Waals surface area contributed by atoms with E-state index >= 15 is 0 Å². The zero-order valence-corrected chi connectivity index (χ0v) is 19.3. The predicted molar refractivity (Wildman–Crippen MR) is 127 cm³/mol. The molecule has 1 fully saturated rings. The lowest BCUT2D eigenvalue weighted by molar-refractivity contribution is -0.132. The Hall–Kier alpha value is -3.56. The molecule has 3 aromatic carbocycles. The Morgan fingerprint density at radius 1 is 0.882 bits per heavy atom. The van der Waals surface area contributed by atoms with E-state index in [1.165, 1.54) is 4.31 Å². The number of hydrogen-bond acceptors (Lipinski definition) is 6. The van der Waals surface area contributed by atoms with E-state index in [4.69, 9.17) is 4.52 Å². The molecular formula is C25H24N4O4S. The topological polar surface area (TPSA) is 96.6 Å². The number of rotatable bonds is 6. The Morgan fingerprint density at radius 2 is 1.59 bits per heavy atom. The Kier molecular flexibility index (Phi) is 6.12. The second-order valence-corrected chi connectivity index (χ2v) is 10.1. The fourth-order valence-electron chi connectivity index (χ4n) is 4.09. The molecule has 0 radical (unpaired) electrons. The molecule has 0 saturated carbocycles. The van der Waals surface area contributed by atoms with Gasteiger partial charge in [-0.15, -0.1) is 0 Å². The van der Waals surface area contributed by atoms with Gasteiger partial charge in [0.1, 0.15) is 0 Å². The summed E-state index contributed by atoms with van der Waals surface area (Å²) in [6.07, 6.45) is 0.572. The largest absolute Gasteiger partial charge is 0.340 e. The zero-order chi connectivity index (χ0) is 23.5. The van der Waals surface area contributed by atoms with Crippen molar-refractivity contribution in [2.45, 2.75) is 17.7 Å². The average Bonchev–Trinajstić information content (AvgIpc) is 3.37. The number of amides is 1. The van der Waals surface area contributed by atoms with E-state index in [2.05, 4.69) is 10.1 Å². The molecule has 0 N–H and O–H groups in total. The van der Waals surface area contributed by atoms with Gasteiger partial charge in [0.25, 0.3) is 0 Å². The van der Waals surface area contributed by atoms with Crippen molar-refractivity contribution in [2.75, 3.05) is 26.2 Å². The monoisotopic (exact) mass is 476 g/mol. The maximum atomic E-state index is 13.1. The summed E-state index contributed by atoms with van der Waals surface area (Å²) in [5, 5.41) is 5.85. The third-order valence-corrected chi connectivity index (χ3v) is 7.90. The summed E-state index contributed by atoms with van der Waals surface area (Å²) in [5.41, 5.74) is 0.854. The van der Waals surface area contributed by atoms with Crippen LogP contribution in [0.3, 0.4) is 0 Å². The maximum absolute atomic E-state index is 13.1. The van der Waals surface area contributed by atoms with Gasteiger partial charge in [0, 0.05) is 44.6 Å². The van der Waals surface area contributed by atoms with E-state index in [9.17, 15) is 13.2 Å². The molecule has 1 amide bonds. The minimum Gasteiger partial charge on any atom is -0.340 e. The fourth-order valence-corrected chi connectivity index (χ4v) is 5.55. The van der Waals surface area contributed by atoms with Crippen LogP contribution < -0.4 is 0 Å². The van der Waals surface area contributed by atoms with Crippen molar-refractivity contribution >= 4 is 26.7 Å². The summed E-state index contributed by atoms with van der Waals surface area (Å²) >= 11 is 0. The van der Waals surface area contributed by atoms with Crippen LogP contribution in [0.15, 0.2) is 82.2 Å². The molecule has 0 bridgehead atoms. The van der Waals surface area contributed by atoms with Crippen LogP contribution in [0.2, 0.25) is 0 Å². The highest BCUT2D eigenvalue weighted by molar-refractivity contribution is 7.89. The quantitative estimate of drug-likeness (QED) is 0.423. The zero-order valence-electron chi connectivity index (χ0n) is 18.5. The van der Waals surface area contributed by atoms with E-state index in [1.807, 2.05) is 60.7 Å². The first kappa shape index (κ1) is 22.2. The minimum atomic E-state index is -3.62. The molecule has 0 spiro atoms. The molecule has 1 aromatic heterocycles. The Bertz CT molecular complexity index is 1410. The normalized spacial score (nSPS) is 15.0. The van der Waals surface area contributed by atoms with E-state index in [-0.39, 0.29) is 30.3 Å². The number of sulfonamides is 1. The highest BCUT2D eigenvalue weighted by atomic mass is 32.2. The predicted octanol–water partition coefficient (Wildman–Crippen LogP) is 3.36. The Labute approximate surface area is 197 Å². The summed E-state index contributed by atoms with van der Waals surface area (Å²) in [6.45, 7) is 1.23. The van der Waals surface area contributed by atoms with E-state index < -0.39 is 10.0 Å². The lowest BCUT2D eigenvalue weighted by atomic mass is 10.1. The first-order valence-corrected chi connectivity index (χ1v) is 12.6. The van der Waals surface area contributed by atoms with Crippen molar-refractivity contribution in [3.63, 3.8) is 0 Å².